The van der Waals surface area contributed by atoms with Gasteiger partial charge in [-0.05, 0) is 44.0 Å². The topological polar surface area (TPSA) is 137 Å². The van der Waals surface area contributed by atoms with Gasteiger partial charge >= 0.3 is 11.9 Å². The van der Waals surface area contributed by atoms with Crippen molar-refractivity contribution in [2.75, 3.05) is 23.8 Å². The van der Waals surface area contributed by atoms with Crippen LogP contribution in [-0.4, -0.2) is 47.2 Å². The summed E-state index contributed by atoms with van der Waals surface area (Å²) in [6.07, 6.45) is 1.13. The van der Waals surface area contributed by atoms with Crippen LogP contribution in [0.2, 0.25) is 0 Å². The van der Waals surface area contributed by atoms with Crippen LogP contribution in [0.3, 0.4) is 0 Å². The van der Waals surface area contributed by atoms with E-state index in [1.54, 1.807) is 19.1 Å². The number of aromatic nitrogens is 2. The molecule has 0 bridgehead atoms. The van der Waals surface area contributed by atoms with Gasteiger partial charge < -0.3 is 20.1 Å². The summed E-state index contributed by atoms with van der Waals surface area (Å²) >= 11 is 1.26. The minimum absolute atomic E-state index is 0.00438. The lowest BCUT2D eigenvalue weighted by molar-refractivity contribution is -0.147. The molecule has 0 aliphatic carbocycles. The molecule has 0 unspecified atom stereocenters. The van der Waals surface area contributed by atoms with E-state index in [-0.39, 0.29) is 25.2 Å². The van der Waals surface area contributed by atoms with E-state index in [2.05, 4.69) is 20.8 Å². The Morgan fingerprint density at radius 3 is 2.35 bits per heavy atom. The second-order valence-corrected chi connectivity index (χ2v) is 7.63. The average Bonchev–Trinajstić information content (AvgIpc) is 3.15. The molecule has 166 valence electrons. The van der Waals surface area contributed by atoms with E-state index in [9.17, 15) is 19.2 Å². The standard InChI is InChI=1S/C20H24N4O6S/c1-3-11-29-19(28)14-7-9-15(10-8-14)21-17(26)12-30-18(27)6-4-5-16(25)22-20-24-23-13(2)31-20/h7-10H,3-6,11-12H2,1-2H3,(H,21,26)(H,22,24,25). The molecule has 0 aliphatic heterocycles. The highest BCUT2D eigenvalue weighted by molar-refractivity contribution is 7.15. The van der Waals surface area contributed by atoms with Gasteiger partial charge in [-0.15, -0.1) is 10.2 Å². The highest BCUT2D eigenvalue weighted by atomic mass is 32.1. The minimum atomic E-state index is -0.580. The van der Waals surface area contributed by atoms with E-state index < -0.39 is 24.5 Å². The highest BCUT2D eigenvalue weighted by Crippen LogP contribution is 2.14. The number of carbonyl (C=O) groups excluding carboxylic acids is 4. The van der Waals surface area contributed by atoms with Crippen molar-refractivity contribution >= 4 is 45.9 Å². The second-order valence-electron chi connectivity index (χ2n) is 6.45. The third-order valence-corrected chi connectivity index (χ3v) is 4.52. The molecule has 0 saturated heterocycles. The fourth-order valence-corrected chi connectivity index (χ4v) is 2.91. The van der Waals surface area contributed by atoms with Crippen LogP contribution < -0.4 is 10.6 Å². The van der Waals surface area contributed by atoms with Crippen LogP contribution in [-0.2, 0) is 23.9 Å². The van der Waals surface area contributed by atoms with E-state index in [0.717, 1.165) is 11.4 Å². The van der Waals surface area contributed by atoms with Gasteiger partial charge in [0.15, 0.2) is 6.61 Å². The molecule has 0 spiro atoms. The van der Waals surface area contributed by atoms with Crippen molar-refractivity contribution in [1.82, 2.24) is 10.2 Å². The van der Waals surface area contributed by atoms with E-state index in [1.165, 1.54) is 23.5 Å². The molecule has 2 N–H and O–H groups in total. The number of amides is 2. The normalized spacial score (nSPS) is 10.3. The fourth-order valence-electron chi connectivity index (χ4n) is 2.31. The predicted octanol–water partition coefficient (Wildman–Crippen LogP) is 2.70. The summed E-state index contributed by atoms with van der Waals surface area (Å²) in [5, 5.41) is 13.9. The number of carbonyl (C=O) groups is 4. The first kappa shape index (κ1) is 23.9. The zero-order valence-corrected chi connectivity index (χ0v) is 18.1. The molecule has 31 heavy (non-hydrogen) atoms. The minimum Gasteiger partial charge on any atom is -0.462 e. The molecule has 11 heteroatoms. The Bertz CT molecular complexity index is 913. The lowest BCUT2D eigenvalue weighted by Gasteiger charge is -2.08. The third kappa shape index (κ3) is 8.91. The first-order valence-corrected chi connectivity index (χ1v) is 10.5. The van der Waals surface area contributed by atoms with Gasteiger partial charge in [-0.2, -0.15) is 0 Å². The van der Waals surface area contributed by atoms with Crippen molar-refractivity contribution in [3.05, 3.63) is 34.8 Å². The Morgan fingerprint density at radius 1 is 0.968 bits per heavy atom. The van der Waals surface area contributed by atoms with Gasteiger partial charge in [0.1, 0.15) is 5.01 Å². The first-order chi connectivity index (χ1) is 14.9. The molecule has 0 radical (unpaired) electrons. The van der Waals surface area contributed by atoms with Crippen molar-refractivity contribution in [3.63, 3.8) is 0 Å². The Morgan fingerprint density at radius 2 is 1.71 bits per heavy atom. The number of hydrogen-bond donors (Lipinski definition) is 2. The zero-order valence-electron chi connectivity index (χ0n) is 17.3. The van der Waals surface area contributed by atoms with Crippen molar-refractivity contribution in [1.29, 1.82) is 0 Å². The number of hydrogen-bond acceptors (Lipinski definition) is 9. The average molecular weight is 449 g/mol. The number of nitrogens with zero attached hydrogens (tertiary/aromatic N) is 2. The van der Waals surface area contributed by atoms with Crippen LogP contribution in [0.4, 0.5) is 10.8 Å². The molecule has 2 amide bonds. The second kappa shape index (κ2) is 12.4. The summed E-state index contributed by atoms with van der Waals surface area (Å²) in [5.74, 6) is -1.80. The number of aryl methyl sites for hydroxylation is 1. The lowest BCUT2D eigenvalue weighted by atomic mass is 10.2. The Balaban J connectivity index is 1.63. The van der Waals surface area contributed by atoms with E-state index in [0.29, 0.717) is 23.0 Å². The molecule has 2 rings (SSSR count). The van der Waals surface area contributed by atoms with Crippen molar-refractivity contribution in [2.24, 2.45) is 0 Å². The number of nitrogens with one attached hydrogen (secondary N) is 2. The van der Waals surface area contributed by atoms with Gasteiger partial charge in [-0.1, -0.05) is 18.3 Å². The van der Waals surface area contributed by atoms with Crippen molar-refractivity contribution < 1.29 is 28.7 Å². The van der Waals surface area contributed by atoms with Gasteiger partial charge in [0.2, 0.25) is 11.0 Å². The highest BCUT2D eigenvalue weighted by Gasteiger charge is 2.12. The summed E-state index contributed by atoms with van der Waals surface area (Å²) in [5.41, 5.74) is 0.833. The number of anilines is 2. The maximum Gasteiger partial charge on any atom is 0.338 e. The molecule has 0 saturated carbocycles. The van der Waals surface area contributed by atoms with Crippen LogP contribution in [0, 0.1) is 6.92 Å². The number of esters is 2. The summed E-state index contributed by atoms with van der Waals surface area (Å²) in [4.78, 5) is 47.2. The van der Waals surface area contributed by atoms with Crippen molar-refractivity contribution in [2.45, 2.75) is 39.5 Å². The van der Waals surface area contributed by atoms with Gasteiger partial charge in [-0.3, -0.25) is 14.4 Å². The van der Waals surface area contributed by atoms with Crippen molar-refractivity contribution in [3.8, 4) is 0 Å². The molecule has 1 aromatic carbocycles. The summed E-state index contributed by atoms with van der Waals surface area (Å²) < 4.78 is 9.94. The molecule has 10 nitrogen and oxygen atoms in total. The molecule has 1 aromatic heterocycles. The summed E-state index contributed by atoms with van der Waals surface area (Å²) in [6.45, 7) is 3.57. The number of ether oxygens (including phenoxy) is 2. The van der Waals surface area contributed by atoms with Gasteiger partial charge in [0.05, 0.1) is 12.2 Å². The molecular weight excluding hydrogens is 424 g/mol. The number of rotatable bonds is 11. The lowest BCUT2D eigenvalue weighted by Crippen LogP contribution is -2.21. The molecule has 2 aromatic rings. The van der Waals surface area contributed by atoms with E-state index >= 15 is 0 Å². The summed E-state index contributed by atoms with van der Waals surface area (Å²) in [6, 6.07) is 6.18. The maximum atomic E-state index is 11.9. The Labute approximate surface area is 183 Å². The smallest absolute Gasteiger partial charge is 0.338 e. The van der Waals surface area contributed by atoms with Crippen LogP contribution in [0.1, 0.15) is 48.0 Å². The SMILES string of the molecule is CCCOC(=O)c1ccc(NC(=O)COC(=O)CCCC(=O)Nc2nnc(C)s2)cc1. The first-order valence-electron chi connectivity index (χ1n) is 9.70. The van der Waals surface area contributed by atoms with Crippen LogP contribution in [0.5, 0.6) is 0 Å². The zero-order chi connectivity index (χ0) is 22.6. The van der Waals surface area contributed by atoms with Crippen LogP contribution >= 0.6 is 11.3 Å². The van der Waals surface area contributed by atoms with Gasteiger partial charge in [0.25, 0.3) is 5.91 Å². The maximum absolute atomic E-state index is 11.9. The molecule has 0 aliphatic rings. The van der Waals surface area contributed by atoms with E-state index in [1.807, 2.05) is 6.92 Å². The molecule has 1 heterocycles. The quantitative estimate of drug-likeness (QED) is 0.501. The van der Waals surface area contributed by atoms with Crippen LogP contribution in [0.15, 0.2) is 24.3 Å². The Kier molecular flexibility index (Phi) is 9.56. The fraction of sp³-hybridized carbons (Fsp3) is 0.400. The third-order valence-electron chi connectivity index (χ3n) is 3.76. The molecular formula is C20H24N4O6S. The Hall–Kier alpha value is -3.34. The van der Waals surface area contributed by atoms with Gasteiger partial charge in [-0.25, -0.2) is 4.79 Å². The monoisotopic (exact) mass is 448 g/mol. The van der Waals surface area contributed by atoms with Gasteiger partial charge in [0, 0.05) is 18.5 Å². The molecule has 0 fully saturated rings. The predicted molar refractivity (Wildman–Crippen MR) is 114 cm³/mol. The van der Waals surface area contributed by atoms with Crippen LogP contribution in [0.25, 0.3) is 0 Å². The largest absolute Gasteiger partial charge is 0.462 e. The number of benzene rings is 1. The summed E-state index contributed by atoms with van der Waals surface area (Å²) in [7, 11) is 0. The van der Waals surface area contributed by atoms with E-state index in [4.69, 9.17) is 9.47 Å². The molecule has 0 atom stereocenters.